The lowest BCUT2D eigenvalue weighted by Crippen LogP contribution is -2.43. The zero-order chi connectivity index (χ0) is 12.5. The highest BCUT2D eigenvalue weighted by Gasteiger charge is 2.29. The lowest BCUT2D eigenvalue weighted by Gasteiger charge is -2.29. The molecule has 1 heterocycles. The number of benzene rings is 1. The van der Waals surface area contributed by atoms with Gasteiger partial charge in [-0.2, -0.15) is 4.31 Å². The molecule has 1 aromatic carbocycles. The molecule has 0 saturated heterocycles. The second kappa shape index (κ2) is 4.76. The molecule has 1 N–H and O–H groups in total. The molecule has 17 heavy (non-hydrogen) atoms. The Morgan fingerprint density at radius 3 is 2.71 bits per heavy atom. The number of fused-ring (bicyclic) bond motifs is 1. The van der Waals surface area contributed by atoms with Crippen molar-refractivity contribution in [2.75, 3.05) is 13.1 Å². The Hall–Kier alpha value is -0.910. The van der Waals surface area contributed by atoms with Crippen LogP contribution in [0, 0.1) is 0 Å². The van der Waals surface area contributed by atoms with Crippen LogP contribution in [-0.2, 0) is 16.6 Å². The predicted molar refractivity (Wildman–Crippen MR) is 67.2 cm³/mol. The van der Waals surface area contributed by atoms with Crippen LogP contribution in [0.1, 0.15) is 19.4 Å². The minimum absolute atomic E-state index is 0.0204. The van der Waals surface area contributed by atoms with Crippen LogP contribution in [0.15, 0.2) is 29.2 Å². The van der Waals surface area contributed by atoms with Gasteiger partial charge in [0.2, 0.25) is 10.0 Å². The molecule has 0 unspecified atom stereocenters. The first kappa shape index (κ1) is 12.5. The van der Waals surface area contributed by atoms with Gasteiger partial charge in [-0.1, -0.05) is 18.2 Å². The monoisotopic (exact) mass is 254 g/mol. The number of nitrogens with one attached hydrogen (secondary N) is 1. The third kappa shape index (κ3) is 2.36. The van der Waals surface area contributed by atoms with Gasteiger partial charge >= 0.3 is 0 Å². The summed E-state index contributed by atoms with van der Waals surface area (Å²) < 4.78 is 26.6. The zero-order valence-corrected chi connectivity index (χ0v) is 11.0. The molecular formula is C12H18N2O2S. The lowest BCUT2D eigenvalue weighted by molar-refractivity contribution is 0.345. The zero-order valence-electron chi connectivity index (χ0n) is 10.2. The Kier molecular flexibility index (Phi) is 3.51. The molecule has 0 spiro atoms. The van der Waals surface area contributed by atoms with Gasteiger partial charge in [-0.15, -0.1) is 0 Å². The van der Waals surface area contributed by atoms with Gasteiger partial charge in [-0.25, -0.2) is 8.42 Å². The van der Waals surface area contributed by atoms with Crippen molar-refractivity contribution in [3.05, 3.63) is 29.8 Å². The van der Waals surface area contributed by atoms with Crippen LogP contribution >= 0.6 is 0 Å². The van der Waals surface area contributed by atoms with E-state index in [4.69, 9.17) is 0 Å². The minimum atomic E-state index is -3.35. The normalized spacial score (nSPS) is 20.6. The van der Waals surface area contributed by atoms with E-state index in [0.29, 0.717) is 24.5 Å². The summed E-state index contributed by atoms with van der Waals surface area (Å²) in [6.45, 7) is 5.63. The van der Waals surface area contributed by atoms with E-state index >= 15 is 0 Å². The standard InChI is InChI=1S/C12H18N2O2S/c1-10(2)14-8-7-13-9-11-5-3-4-6-12(11)17(14,15)16/h3-6,10,13H,7-9H2,1-2H3. The fourth-order valence-electron chi connectivity index (χ4n) is 2.10. The summed E-state index contributed by atoms with van der Waals surface area (Å²) in [5.74, 6) is 0. The van der Waals surface area contributed by atoms with Crippen molar-refractivity contribution in [2.24, 2.45) is 0 Å². The maximum absolute atomic E-state index is 12.5. The molecule has 0 bridgehead atoms. The first-order valence-electron chi connectivity index (χ1n) is 5.84. The SMILES string of the molecule is CC(C)N1CCNCc2ccccc2S1(=O)=O. The van der Waals surface area contributed by atoms with Gasteiger partial charge in [0.05, 0.1) is 4.90 Å². The molecule has 1 aliphatic rings. The first-order valence-corrected chi connectivity index (χ1v) is 7.28. The smallest absolute Gasteiger partial charge is 0.243 e. The Labute approximate surface area is 103 Å². The Morgan fingerprint density at radius 2 is 2.00 bits per heavy atom. The summed E-state index contributed by atoms with van der Waals surface area (Å²) in [5.41, 5.74) is 0.845. The molecule has 4 nitrogen and oxygen atoms in total. The largest absolute Gasteiger partial charge is 0.311 e. The molecule has 0 amide bonds. The van der Waals surface area contributed by atoms with Gasteiger partial charge < -0.3 is 5.32 Å². The van der Waals surface area contributed by atoms with E-state index in [1.165, 1.54) is 0 Å². The molecule has 0 atom stereocenters. The Balaban J connectivity index is 2.55. The molecule has 1 aliphatic heterocycles. The average Bonchev–Trinajstić information content (AvgIpc) is 2.26. The molecule has 5 heteroatoms. The summed E-state index contributed by atoms with van der Waals surface area (Å²) in [6, 6.07) is 7.18. The summed E-state index contributed by atoms with van der Waals surface area (Å²) in [6.07, 6.45) is 0. The van der Waals surface area contributed by atoms with E-state index in [1.54, 1.807) is 16.4 Å². The number of rotatable bonds is 1. The maximum Gasteiger partial charge on any atom is 0.243 e. The van der Waals surface area contributed by atoms with Crippen molar-refractivity contribution in [1.82, 2.24) is 9.62 Å². The van der Waals surface area contributed by atoms with Crippen molar-refractivity contribution in [1.29, 1.82) is 0 Å². The topological polar surface area (TPSA) is 49.4 Å². The van der Waals surface area contributed by atoms with Gasteiger partial charge in [-0.3, -0.25) is 0 Å². The van der Waals surface area contributed by atoms with E-state index in [1.807, 2.05) is 26.0 Å². The highest BCUT2D eigenvalue weighted by molar-refractivity contribution is 7.89. The summed E-state index contributed by atoms with van der Waals surface area (Å²) in [4.78, 5) is 0.431. The Bertz CT molecular complexity index is 497. The highest BCUT2D eigenvalue weighted by atomic mass is 32.2. The summed E-state index contributed by atoms with van der Waals surface area (Å²) in [5, 5.41) is 3.26. The number of nitrogens with zero attached hydrogens (tertiary/aromatic N) is 1. The minimum Gasteiger partial charge on any atom is -0.311 e. The van der Waals surface area contributed by atoms with Crippen LogP contribution in [0.3, 0.4) is 0 Å². The Morgan fingerprint density at radius 1 is 1.29 bits per heavy atom. The highest BCUT2D eigenvalue weighted by Crippen LogP contribution is 2.23. The molecule has 0 aliphatic carbocycles. The summed E-state index contributed by atoms with van der Waals surface area (Å²) >= 11 is 0. The molecule has 0 fully saturated rings. The fourth-order valence-corrected chi connectivity index (χ4v) is 3.96. The fraction of sp³-hybridized carbons (Fsp3) is 0.500. The van der Waals surface area contributed by atoms with Crippen LogP contribution in [0.4, 0.5) is 0 Å². The maximum atomic E-state index is 12.5. The predicted octanol–water partition coefficient (Wildman–Crippen LogP) is 1.19. The second-order valence-electron chi connectivity index (χ2n) is 4.49. The summed E-state index contributed by atoms with van der Waals surface area (Å²) in [7, 11) is -3.35. The van der Waals surface area contributed by atoms with Crippen molar-refractivity contribution >= 4 is 10.0 Å². The third-order valence-electron chi connectivity index (χ3n) is 2.96. The van der Waals surface area contributed by atoms with Gasteiger partial charge in [0, 0.05) is 25.7 Å². The van der Waals surface area contributed by atoms with Crippen LogP contribution in [0.5, 0.6) is 0 Å². The van der Waals surface area contributed by atoms with Crippen molar-refractivity contribution in [3.8, 4) is 0 Å². The molecule has 0 radical (unpaired) electrons. The van der Waals surface area contributed by atoms with Crippen molar-refractivity contribution in [2.45, 2.75) is 31.3 Å². The van der Waals surface area contributed by atoms with Gasteiger partial charge in [0.15, 0.2) is 0 Å². The quantitative estimate of drug-likeness (QED) is 0.819. The van der Waals surface area contributed by atoms with Crippen LogP contribution in [-0.4, -0.2) is 31.9 Å². The number of sulfonamides is 1. The second-order valence-corrected chi connectivity index (χ2v) is 6.35. The van der Waals surface area contributed by atoms with E-state index in [2.05, 4.69) is 5.32 Å². The van der Waals surface area contributed by atoms with E-state index in [0.717, 1.165) is 5.56 Å². The van der Waals surface area contributed by atoms with Crippen LogP contribution in [0.2, 0.25) is 0 Å². The molecule has 0 aromatic heterocycles. The van der Waals surface area contributed by atoms with Gasteiger partial charge in [0.25, 0.3) is 0 Å². The average molecular weight is 254 g/mol. The number of hydrogen-bond acceptors (Lipinski definition) is 3. The molecule has 2 rings (SSSR count). The van der Waals surface area contributed by atoms with Crippen LogP contribution < -0.4 is 5.32 Å². The number of hydrogen-bond donors (Lipinski definition) is 1. The molecule has 1 aromatic rings. The van der Waals surface area contributed by atoms with Gasteiger partial charge in [0.1, 0.15) is 0 Å². The van der Waals surface area contributed by atoms with E-state index in [9.17, 15) is 8.42 Å². The van der Waals surface area contributed by atoms with Gasteiger partial charge in [-0.05, 0) is 25.5 Å². The van der Waals surface area contributed by atoms with Crippen LogP contribution in [0.25, 0.3) is 0 Å². The molecule has 0 saturated carbocycles. The molecule has 94 valence electrons. The first-order chi connectivity index (χ1) is 8.03. The molecular weight excluding hydrogens is 236 g/mol. The lowest BCUT2D eigenvalue weighted by atomic mass is 10.2. The van der Waals surface area contributed by atoms with Crippen molar-refractivity contribution in [3.63, 3.8) is 0 Å². The van der Waals surface area contributed by atoms with E-state index in [-0.39, 0.29) is 6.04 Å². The van der Waals surface area contributed by atoms with E-state index < -0.39 is 10.0 Å². The third-order valence-corrected chi connectivity index (χ3v) is 5.14. The van der Waals surface area contributed by atoms with Crippen molar-refractivity contribution < 1.29 is 8.42 Å².